The Morgan fingerprint density at radius 1 is 1.62 bits per heavy atom. The van der Waals surface area contributed by atoms with Crippen LogP contribution in [0.3, 0.4) is 0 Å². The molecule has 0 aliphatic carbocycles. The molecular formula is C11H18N2. The van der Waals surface area contributed by atoms with Crippen LogP contribution in [0.5, 0.6) is 0 Å². The quantitative estimate of drug-likeness (QED) is 0.648. The van der Waals surface area contributed by atoms with Gasteiger partial charge >= 0.3 is 0 Å². The highest BCUT2D eigenvalue weighted by Gasteiger charge is 2.02. The van der Waals surface area contributed by atoms with Crippen molar-refractivity contribution in [2.24, 2.45) is 13.0 Å². The Hall–Kier alpha value is -1.05. The summed E-state index contributed by atoms with van der Waals surface area (Å²) in [5.74, 6) is 0.591. The molecule has 0 saturated heterocycles. The third-order valence-electron chi connectivity index (χ3n) is 2.44. The van der Waals surface area contributed by atoms with Gasteiger partial charge in [-0.25, -0.2) is 0 Å². The van der Waals surface area contributed by atoms with Gasteiger partial charge in [-0.2, -0.15) is 5.10 Å². The van der Waals surface area contributed by atoms with Crippen molar-refractivity contribution in [1.29, 1.82) is 0 Å². The zero-order valence-electron chi connectivity index (χ0n) is 8.75. The van der Waals surface area contributed by atoms with Crippen molar-refractivity contribution in [1.82, 2.24) is 9.78 Å². The standard InChI is InChI=1S/C11H18N2/c1-9(2)10(3)5-6-11-7-8-12-13(11)4/h7-9H,3,5-6H2,1-2,4H3. The molecule has 0 aromatic carbocycles. The zero-order valence-corrected chi connectivity index (χ0v) is 8.75. The Labute approximate surface area is 80.3 Å². The maximum Gasteiger partial charge on any atom is 0.0492 e. The Bertz CT molecular complexity index is 284. The molecule has 1 aromatic heterocycles. The first-order valence-electron chi connectivity index (χ1n) is 4.76. The number of aryl methyl sites for hydroxylation is 2. The van der Waals surface area contributed by atoms with Crippen LogP contribution in [0.15, 0.2) is 24.4 Å². The Kier molecular flexibility index (Phi) is 3.29. The van der Waals surface area contributed by atoms with Crippen molar-refractivity contribution in [3.05, 3.63) is 30.1 Å². The predicted octanol–water partition coefficient (Wildman–Crippen LogP) is 2.56. The maximum absolute atomic E-state index is 4.13. The number of nitrogens with zero attached hydrogens (tertiary/aromatic N) is 2. The van der Waals surface area contributed by atoms with E-state index in [1.807, 2.05) is 17.9 Å². The summed E-state index contributed by atoms with van der Waals surface area (Å²) in [6.45, 7) is 8.43. The van der Waals surface area contributed by atoms with Crippen LogP contribution in [0.1, 0.15) is 26.0 Å². The van der Waals surface area contributed by atoms with Gasteiger partial charge in [-0.1, -0.05) is 26.0 Å². The summed E-state index contributed by atoms with van der Waals surface area (Å²) in [6.07, 6.45) is 3.96. The van der Waals surface area contributed by atoms with Crippen molar-refractivity contribution in [2.45, 2.75) is 26.7 Å². The van der Waals surface area contributed by atoms with Gasteiger partial charge in [0.05, 0.1) is 0 Å². The summed E-state index contributed by atoms with van der Waals surface area (Å²) in [6, 6.07) is 2.06. The van der Waals surface area contributed by atoms with E-state index in [4.69, 9.17) is 0 Å². The molecule has 0 radical (unpaired) electrons. The highest BCUT2D eigenvalue weighted by Crippen LogP contribution is 2.14. The molecule has 1 heterocycles. The van der Waals surface area contributed by atoms with Crippen LogP contribution < -0.4 is 0 Å². The molecule has 13 heavy (non-hydrogen) atoms. The topological polar surface area (TPSA) is 17.8 Å². The largest absolute Gasteiger partial charge is 0.273 e. The van der Waals surface area contributed by atoms with Crippen LogP contribution in [0.2, 0.25) is 0 Å². The molecule has 0 atom stereocenters. The first kappa shape index (κ1) is 10.0. The third-order valence-corrected chi connectivity index (χ3v) is 2.44. The average molecular weight is 178 g/mol. The Morgan fingerprint density at radius 3 is 2.77 bits per heavy atom. The van der Waals surface area contributed by atoms with E-state index in [0.29, 0.717) is 5.92 Å². The molecule has 72 valence electrons. The van der Waals surface area contributed by atoms with E-state index in [1.54, 1.807) is 0 Å². The minimum absolute atomic E-state index is 0.591. The van der Waals surface area contributed by atoms with Crippen LogP contribution in [0, 0.1) is 5.92 Å². The summed E-state index contributed by atoms with van der Waals surface area (Å²) in [5, 5.41) is 4.13. The van der Waals surface area contributed by atoms with E-state index < -0.39 is 0 Å². The van der Waals surface area contributed by atoms with Crippen LogP contribution in [0.25, 0.3) is 0 Å². The molecule has 0 fully saturated rings. The maximum atomic E-state index is 4.13. The van der Waals surface area contributed by atoms with Crippen molar-refractivity contribution in [3.8, 4) is 0 Å². The summed E-state index contributed by atoms with van der Waals surface area (Å²) in [5.41, 5.74) is 2.60. The lowest BCUT2D eigenvalue weighted by Crippen LogP contribution is -2.00. The second-order valence-corrected chi connectivity index (χ2v) is 3.76. The first-order valence-corrected chi connectivity index (χ1v) is 4.76. The highest BCUT2D eigenvalue weighted by molar-refractivity contribution is 5.05. The Morgan fingerprint density at radius 2 is 2.31 bits per heavy atom. The van der Waals surface area contributed by atoms with Crippen LogP contribution in [-0.4, -0.2) is 9.78 Å². The normalized spacial score (nSPS) is 10.8. The summed E-state index contributed by atoms with van der Waals surface area (Å²) in [7, 11) is 1.98. The smallest absolute Gasteiger partial charge is 0.0492 e. The SMILES string of the molecule is C=C(CCc1ccnn1C)C(C)C. The van der Waals surface area contributed by atoms with E-state index in [1.165, 1.54) is 11.3 Å². The van der Waals surface area contributed by atoms with Gasteiger partial charge < -0.3 is 0 Å². The number of aromatic nitrogens is 2. The van der Waals surface area contributed by atoms with Gasteiger partial charge in [0, 0.05) is 18.9 Å². The lowest BCUT2D eigenvalue weighted by molar-refractivity contribution is 0.668. The lowest BCUT2D eigenvalue weighted by Gasteiger charge is -2.08. The molecule has 0 bridgehead atoms. The second kappa shape index (κ2) is 4.26. The average Bonchev–Trinajstić information content (AvgIpc) is 2.47. The monoisotopic (exact) mass is 178 g/mol. The molecule has 0 unspecified atom stereocenters. The molecular weight excluding hydrogens is 160 g/mol. The van der Waals surface area contributed by atoms with Crippen LogP contribution in [0.4, 0.5) is 0 Å². The number of hydrogen-bond acceptors (Lipinski definition) is 1. The van der Waals surface area contributed by atoms with E-state index in [0.717, 1.165) is 12.8 Å². The summed E-state index contributed by atoms with van der Waals surface area (Å²) < 4.78 is 1.92. The van der Waals surface area contributed by atoms with Gasteiger partial charge in [-0.15, -0.1) is 0 Å². The molecule has 0 N–H and O–H groups in total. The molecule has 2 heteroatoms. The molecule has 0 aliphatic rings. The molecule has 0 amide bonds. The first-order chi connectivity index (χ1) is 6.11. The minimum Gasteiger partial charge on any atom is -0.273 e. The number of allylic oxidation sites excluding steroid dienone is 1. The van der Waals surface area contributed by atoms with E-state index >= 15 is 0 Å². The number of rotatable bonds is 4. The van der Waals surface area contributed by atoms with Gasteiger partial charge in [-0.05, 0) is 24.8 Å². The third kappa shape index (κ3) is 2.72. The van der Waals surface area contributed by atoms with E-state index in [-0.39, 0.29) is 0 Å². The molecule has 1 rings (SSSR count). The lowest BCUT2D eigenvalue weighted by atomic mass is 9.99. The van der Waals surface area contributed by atoms with Gasteiger partial charge in [0.2, 0.25) is 0 Å². The number of hydrogen-bond donors (Lipinski definition) is 0. The molecule has 1 aromatic rings. The van der Waals surface area contributed by atoms with Gasteiger partial charge in [0.1, 0.15) is 0 Å². The zero-order chi connectivity index (χ0) is 9.84. The van der Waals surface area contributed by atoms with Crippen molar-refractivity contribution < 1.29 is 0 Å². The molecule has 0 aliphatic heterocycles. The Balaban J connectivity index is 2.44. The fourth-order valence-corrected chi connectivity index (χ4v) is 1.22. The van der Waals surface area contributed by atoms with Gasteiger partial charge in [0.15, 0.2) is 0 Å². The summed E-state index contributed by atoms with van der Waals surface area (Å²) >= 11 is 0. The molecule has 0 spiro atoms. The highest BCUT2D eigenvalue weighted by atomic mass is 15.2. The van der Waals surface area contributed by atoms with Gasteiger partial charge in [-0.3, -0.25) is 4.68 Å². The van der Waals surface area contributed by atoms with E-state index in [9.17, 15) is 0 Å². The predicted molar refractivity (Wildman–Crippen MR) is 55.5 cm³/mol. The summed E-state index contributed by atoms with van der Waals surface area (Å²) in [4.78, 5) is 0. The minimum atomic E-state index is 0.591. The molecule has 2 nitrogen and oxygen atoms in total. The van der Waals surface area contributed by atoms with Crippen molar-refractivity contribution in [3.63, 3.8) is 0 Å². The fraction of sp³-hybridized carbons (Fsp3) is 0.545. The van der Waals surface area contributed by atoms with E-state index in [2.05, 4.69) is 31.6 Å². The molecule has 0 saturated carbocycles. The second-order valence-electron chi connectivity index (χ2n) is 3.76. The fourth-order valence-electron chi connectivity index (χ4n) is 1.22. The van der Waals surface area contributed by atoms with Crippen molar-refractivity contribution in [2.75, 3.05) is 0 Å². The van der Waals surface area contributed by atoms with Crippen LogP contribution in [-0.2, 0) is 13.5 Å². The van der Waals surface area contributed by atoms with Crippen LogP contribution >= 0.6 is 0 Å². The van der Waals surface area contributed by atoms with Gasteiger partial charge in [0.25, 0.3) is 0 Å². The van der Waals surface area contributed by atoms with Crippen molar-refractivity contribution >= 4 is 0 Å².